The summed E-state index contributed by atoms with van der Waals surface area (Å²) in [5.74, 6) is -0.886. The second kappa shape index (κ2) is 8.12. The summed E-state index contributed by atoms with van der Waals surface area (Å²) >= 11 is 0. The highest BCUT2D eigenvalue weighted by molar-refractivity contribution is 6.53. The molecule has 6 heteroatoms. The van der Waals surface area contributed by atoms with Crippen LogP contribution in [0.4, 0.5) is 0 Å². The number of furan rings is 1. The number of aryl methyl sites for hydroxylation is 2. The van der Waals surface area contributed by atoms with Gasteiger partial charge in [0.25, 0.3) is 5.91 Å². The van der Waals surface area contributed by atoms with Crippen molar-refractivity contribution in [2.45, 2.75) is 27.3 Å². The van der Waals surface area contributed by atoms with Crippen molar-refractivity contribution in [1.29, 1.82) is 0 Å². The maximum atomic E-state index is 13.3. The first-order chi connectivity index (χ1) is 15.8. The molecule has 6 nitrogen and oxygen atoms in total. The van der Waals surface area contributed by atoms with Gasteiger partial charge in [0.1, 0.15) is 5.76 Å². The average Bonchev–Trinajstić information content (AvgIpc) is 3.17. The van der Waals surface area contributed by atoms with Crippen molar-refractivity contribution in [2.24, 2.45) is 0 Å². The molecule has 0 N–H and O–H groups in total. The van der Waals surface area contributed by atoms with Crippen LogP contribution >= 0.6 is 0 Å². The molecule has 3 aromatic rings. The summed E-state index contributed by atoms with van der Waals surface area (Å²) in [5.41, 5.74) is 4.79. The van der Waals surface area contributed by atoms with Gasteiger partial charge in [-0.3, -0.25) is 19.3 Å². The number of amides is 1. The lowest BCUT2D eigenvalue weighted by Gasteiger charge is -2.34. The Kier molecular flexibility index (Phi) is 5.25. The first-order valence-electron chi connectivity index (χ1n) is 11.2. The van der Waals surface area contributed by atoms with Gasteiger partial charge in [0.05, 0.1) is 5.56 Å². The van der Waals surface area contributed by atoms with Gasteiger partial charge >= 0.3 is 0 Å². The highest BCUT2D eigenvalue weighted by atomic mass is 16.4. The third-order valence-electron chi connectivity index (χ3n) is 6.81. The molecule has 0 spiro atoms. The SMILES string of the molecule is Cc1cc2c(cc1C)-c1oc(C(=O)N3CCN(Cc4ccccc4)CC3)c(C)c1C(=O)C2=O. The first kappa shape index (κ1) is 21.3. The molecular weight excluding hydrogens is 416 g/mol. The van der Waals surface area contributed by atoms with Crippen LogP contribution in [0.2, 0.25) is 0 Å². The van der Waals surface area contributed by atoms with E-state index in [-0.39, 0.29) is 17.2 Å². The molecule has 5 rings (SSSR count). The highest BCUT2D eigenvalue weighted by Crippen LogP contribution is 2.40. The maximum absolute atomic E-state index is 13.3. The van der Waals surface area contributed by atoms with Crippen molar-refractivity contribution < 1.29 is 18.8 Å². The van der Waals surface area contributed by atoms with Crippen LogP contribution in [0.25, 0.3) is 11.3 Å². The van der Waals surface area contributed by atoms with Crippen LogP contribution in [0.1, 0.15) is 53.5 Å². The van der Waals surface area contributed by atoms with Crippen molar-refractivity contribution in [3.63, 3.8) is 0 Å². The minimum absolute atomic E-state index is 0.156. The number of ketones is 2. The van der Waals surface area contributed by atoms with Crippen molar-refractivity contribution >= 4 is 17.5 Å². The Morgan fingerprint density at radius 3 is 2.18 bits per heavy atom. The summed E-state index contributed by atoms with van der Waals surface area (Å²) in [5, 5.41) is 0. The predicted molar refractivity (Wildman–Crippen MR) is 125 cm³/mol. The number of hydrogen-bond donors (Lipinski definition) is 0. The van der Waals surface area contributed by atoms with Crippen molar-refractivity contribution in [1.82, 2.24) is 9.80 Å². The number of piperazine rings is 1. The molecular formula is C27H26N2O4. The number of carbonyl (C=O) groups excluding carboxylic acids is 3. The van der Waals surface area contributed by atoms with Gasteiger partial charge in [-0.2, -0.15) is 0 Å². The van der Waals surface area contributed by atoms with Gasteiger partial charge in [0, 0.05) is 49.4 Å². The van der Waals surface area contributed by atoms with Crippen LogP contribution in [0, 0.1) is 20.8 Å². The summed E-state index contributed by atoms with van der Waals surface area (Å²) in [6, 6.07) is 13.9. The largest absolute Gasteiger partial charge is 0.450 e. The Hall–Kier alpha value is -3.51. The van der Waals surface area contributed by atoms with Gasteiger partial charge in [-0.15, -0.1) is 0 Å². The van der Waals surface area contributed by atoms with Gasteiger partial charge in [-0.1, -0.05) is 30.3 Å². The summed E-state index contributed by atoms with van der Waals surface area (Å²) in [4.78, 5) is 43.1. The van der Waals surface area contributed by atoms with E-state index in [1.165, 1.54) is 5.56 Å². The van der Waals surface area contributed by atoms with Gasteiger partial charge in [-0.25, -0.2) is 0 Å². The third-order valence-corrected chi connectivity index (χ3v) is 6.81. The zero-order valence-corrected chi connectivity index (χ0v) is 19.1. The molecule has 0 radical (unpaired) electrons. The Labute approximate surface area is 192 Å². The minimum Gasteiger partial charge on any atom is -0.450 e. The third kappa shape index (κ3) is 3.60. The molecule has 1 amide bonds. The molecule has 168 valence electrons. The number of Topliss-reactive ketones (excluding diaryl/α,β-unsaturated/α-hetero) is 2. The van der Waals surface area contributed by atoms with Gasteiger partial charge in [0.2, 0.25) is 11.6 Å². The van der Waals surface area contributed by atoms with Crippen LogP contribution < -0.4 is 0 Å². The van der Waals surface area contributed by atoms with Crippen LogP contribution in [-0.4, -0.2) is 53.5 Å². The smallest absolute Gasteiger partial charge is 0.289 e. The molecule has 0 saturated carbocycles. The standard InChI is InChI=1S/C27H26N2O4/c1-16-13-20-21(14-17(16)2)26-22(24(31)23(20)30)18(3)25(33-26)27(32)29-11-9-28(10-12-29)15-19-7-5-4-6-8-19/h4-8,13-14H,9-12,15H2,1-3H3. The molecule has 2 aromatic carbocycles. The molecule has 2 heterocycles. The molecule has 2 aliphatic rings. The van der Waals surface area contributed by atoms with Gasteiger partial charge in [-0.05, 0) is 49.6 Å². The number of carbonyl (C=O) groups is 3. The first-order valence-corrected chi connectivity index (χ1v) is 11.2. The van der Waals surface area contributed by atoms with Crippen LogP contribution in [0.3, 0.4) is 0 Å². The Morgan fingerprint density at radius 1 is 0.879 bits per heavy atom. The Morgan fingerprint density at radius 2 is 1.52 bits per heavy atom. The Bertz CT molecular complexity index is 1280. The lowest BCUT2D eigenvalue weighted by atomic mass is 9.85. The zero-order chi connectivity index (χ0) is 23.3. The Balaban J connectivity index is 1.40. The van der Waals surface area contributed by atoms with Crippen molar-refractivity contribution in [2.75, 3.05) is 26.2 Å². The quantitative estimate of drug-likeness (QED) is 0.569. The summed E-state index contributed by atoms with van der Waals surface area (Å²) < 4.78 is 6.04. The molecule has 0 atom stereocenters. The predicted octanol–water partition coefficient (Wildman–Crippen LogP) is 4.21. The summed E-state index contributed by atoms with van der Waals surface area (Å²) in [7, 11) is 0. The molecule has 1 aliphatic carbocycles. The van der Waals surface area contributed by atoms with E-state index in [2.05, 4.69) is 17.0 Å². The second-order valence-electron chi connectivity index (χ2n) is 8.95. The minimum atomic E-state index is -0.603. The van der Waals surface area contributed by atoms with Crippen molar-refractivity contribution in [3.8, 4) is 11.3 Å². The molecule has 33 heavy (non-hydrogen) atoms. The monoisotopic (exact) mass is 442 g/mol. The van der Waals surface area contributed by atoms with Crippen molar-refractivity contribution in [3.05, 3.63) is 81.6 Å². The number of fused-ring (bicyclic) bond motifs is 3. The molecule has 1 aliphatic heterocycles. The number of hydrogen-bond acceptors (Lipinski definition) is 5. The molecule has 0 bridgehead atoms. The van der Waals surface area contributed by atoms with Gasteiger partial charge < -0.3 is 9.32 Å². The lowest BCUT2D eigenvalue weighted by Crippen LogP contribution is -2.48. The number of nitrogens with zero attached hydrogens (tertiary/aromatic N) is 2. The summed E-state index contributed by atoms with van der Waals surface area (Å²) in [6.45, 7) is 9.09. The van der Waals surface area contributed by atoms with E-state index in [9.17, 15) is 14.4 Å². The fourth-order valence-corrected chi connectivity index (χ4v) is 4.70. The molecule has 1 fully saturated rings. The second-order valence-corrected chi connectivity index (χ2v) is 8.95. The zero-order valence-electron chi connectivity index (χ0n) is 19.1. The fourth-order valence-electron chi connectivity index (χ4n) is 4.70. The molecule has 1 saturated heterocycles. The molecule has 0 unspecified atom stereocenters. The van der Waals surface area contributed by atoms with Crippen LogP contribution in [-0.2, 0) is 6.54 Å². The fraction of sp³-hybridized carbons (Fsp3) is 0.296. The number of rotatable bonds is 3. The van der Waals surface area contributed by atoms with Crippen LogP contribution in [0.15, 0.2) is 46.9 Å². The van der Waals surface area contributed by atoms with E-state index in [1.54, 1.807) is 17.9 Å². The lowest BCUT2D eigenvalue weighted by molar-refractivity contribution is 0.0597. The van der Waals surface area contributed by atoms with E-state index >= 15 is 0 Å². The van der Waals surface area contributed by atoms with E-state index in [0.29, 0.717) is 35.5 Å². The van der Waals surface area contributed by atoms with Crippen LogP contribution in [0.5, 0.6) is 0 Å². The normalized spacial score (nSPS) is 16.0. The average molecular weight is 443 g/mol. The topological polar surface area (TPSA) is 70.8 Å². The maximum Gasteiger partial charge on any atom is 0.289 e. The van der Waals surface area contributed by atoms with Gasteiger partial charge in [0.15, 0.2) is 5.76 Å². The van der Waals surface area contributed by atoms with E-state index < -0.39 is 11.6 Å². The van der Waals surface area contributed by atoms with E-state index in [4.69, 9.17) is 4.42 Å². The summed E-state index contributed by atoms with van der Waals surface area (Å²) in [6.07, 6.45) is 0. The van der Waals surface area contributed by atoms with E-state index in [1.807, 2.05) is 38.1 Å². The highest BCUT2D eigenvalue weighted by Gasteiger charge is 2.38. The van der Waals surface area contributed by atoms with E-state index in [0.717, 1.165) is 30.8 Å². The molecule has 1 aromatic heterocycles. The number of benzene rings is 2.